The molecule has 2 atom stereocenters. The van der Waals surface area contributed by atoms with Crippen LogP contribution in [0.3, 0.4) is 0 Å². The molecular formula is C18H34N2O6Pt. The number of hydrogen-bond donors (Lipinski definition) is 0. The average molecular weight is 570 g/mol. The molecular weight excluding hydrogens is 535 g/mol. The molecule has 9 heteroatoms. The first kappa shape index (κ1) is 31.2. The molecule has 27 heavy (non-hydrogen) atoms. The van der Waals surface area contributed by atoms with Crippen LogP contribution in [0, 0.1) is 0 Å². The fraction of sp³-hybridized carbons (Fsp3) is 0.889. The summed E-state index contributed by atoms with van der Waals surface area (Å²) in [5.41, 5.74) is 13.8. The van der Waals surface area contributed by atoms with Gasteiger partial charge in [0.05, 0.1) is 36.4 Å². The van der Waals surface area contributed by atoms with Crippen LogP contribution in [0.2, 0.25) is 0 Å². The maximum atomic E-state index is 9.81. The van der Waals surface area contributed by atoms with E-state index in [2.05, 4.69) is 0 Å². The van der Waals surface area contributed by atoms with E-state index in [0.717, 1.165) is 12.8 Å². The Morgan fingerprint density at radius 2 is 1.07 bits per heavy atom. The Kier molecular flexibility index (Phi) is 17.8. The van der Waals surface area contributed by atoms with Gasteiger partial charge >= 0.3 is 21.1 Å². The molecule has 8 nitrogen and oxygen atoms in total. The van der Waals surface area contributed by atoms with E-state index in [0.29, 0.717) is 0 Å². The summed E-state index contributed by atoms with van der Waals surface area (Å²) in [6.07, 6.45) is 4.25. The van der Waals surface area contributed by atoms with Gasteiger partial charge < -0.3 is 40.7 Å². The normalized spacial score (nSPS) is 19.4. The molecule has 0 aromatic heterocycles. The molecule has 0 unspecified atom stereocenters. The second-order valence-corrected chi connectivity index (χ2v) is 8.04. The Morgan fingerprint density at radius 1 is 0.815 bits per heavy atom. The first-order valence-electron chi connectivity index (χ1n) is 8.74. The minimum atomic E-state index is -1.18. The zero-order chi connectivity index (χ0) is 21.0. The van der Waals surface area contributed by atoms with Crippen molar-refractivity contribution in [3.05, 3.63) is 11.5 Å². The molecule has 0 aromatic rings. The van der Waals surface area contributed by atoms with Crippen molar-refractivity contribution < 1.29 is 50.3 Å². The van der Waals surface area contributed by atoms with Gasteiger partial charge in [-0.25, -0.2) is 0 Å². The van der Waals surface area contributed by atoms with E-state index in [9.17, 15) is 19.8 Å². The van der Waals surface area contributed by atoms with Crippen LogP contribution in [-0.2, 0) is 40.1 Å². The number of carbonyl (C=O) groups is 2. The fourth-order valence-corrected chi connectivity index (χ4v) is 1.68. The third kappa shape index (κ3) is 27.8. The first-order chi connectivity index (χ1) is 11.6. The van der Waals surface area contributed by atoms with E-state index >= 15 is 0 Å². The third-order valence-electron chi connectivity index (χ3n) is 3.01. The van der Waals surface area contributed by atoms with Crippen LogP contribution in [0.5, 0.6) is 0 Å². The Labute approximate surface area is 177 Å². The van der Waals surface area contributed by atoms with Crippen molar-refractivity contribution in [1.82, 2.24) is 0 Å². The monoisotopic (exact) mass is 569 g/mol. The molecule has 0 spiro atoms. The number of aliphatic carboxylic acids is 2. The molecule has 0 radical (unpaired) electrons. The van der Waals surface area contributed by atoms with E-state index in [1.165, 1.54) is 12.8 Å². The largest absolute Gasteiger partial charge is 4.00 e. The standard InChI is InChI=1S/C6H12N2.2C6H12O3.Pt/c7-5-3-1-2-4-6(5)8;2*1-6(2,3)9-4-5(7)8;/h5-8H,1-4H2;2*4H2,1-3H3,(H,7,8);/q-2;;;+4/p-2/t5-,6-;;;/m1.../s1. The van der Waals surface area contributed by atoms with Crippen molar-refractivity contribution in [2.45, 2.75) is 90.5 Å². The predicted octanol–water partition coefficient (Wildman–Crippen LogP) is 1.50. The van der Waals surface area contributed by atoms with Gasteiger partial charge in [-0.1, -0.05) is 25.7 Å². The van der Waals surface area contributed by atoms with Crippen LogP contribution in [-0.4, -0.2) is 48.4 Å². The van der Waals surface area contributed by atoms with Gasteiger partial charge in [-0.2, -0.15) is 12.1 Å². The SMILES string of the molecule is CC(C)(C)OCC(=O)[O-].CC(C)(C)OCC(=O)[O-].[NH-][C@@H]1CCCC[C@H]1[NH-].[Pt+4]. The van der Waals surface area contributed by atoms with Crippen molar-refractivity contribution in [2.75, 3.05) is 13.2 Å². The van der Waals surface area contributed by atoms with E-state index < -0.39 is 11.9 Å². The molecule has 0 amide bonds. The molecule has 1 rings (SSSR count). The van der Waals surface area contributed by atoms with Crippen molar-refractivity contribution >= 4 is 11.9 Å². The third-order valence-corrected chi connectivity index (χ3v) is 3.01. The molecule has 1 saturated carbocycles. The summed E-state index contributed by atoms with van der Waals surface area (Å²) in [6.45, 7) is 10.1. The van der Waals surface area contributed by atoms with Gasteiger partial charge in [0.15, 0.2) is 0 Å². The molecule has 0 aliphatic heterocycles. The zero-order valence-electron chi connectivity index (χ0n) is 17.2. The van der Waals surface area contributed by atoms with Crippen LogP contribution in [0.1, 0.15) is 67.2 Å². The van der Waals surface area contributed by atoms with E-state index in [1.807, 2.05) is 0 Å². The number of ether oxygens (including phenoxy) is 2. The van der Waals surface area contributed by atoms with Crippen molar-refractivity contribution in [3.8, 4) is 0 Å². The molecule has 1 aliphatic carbocycles. The van der Waals surface area contributed by atoms with Crippen molar-refractivity contribution in [1.29, 1.82) is 0 Å². The maximum Gasteiger partial charge on any atom is 4.00 e. The Morgan fingerprint density at radius 3 is 1.19 bits per heavy atom. The second kappa shape index (κ2) is 15.4. The second-order valence-electron chi connectivity index (χ2n) is 8.04. The van der Waals surface area contributed by atoms with Gasteiger partial charge in [0.1, 0.15) is 0 Å². The van der Waals surface area contributed by atoms with Crippen LogP contribution >= 0.6 is 0 Å². The Bertz CT molecular complexity index is 370. The summed E-state index contributed by atoms with van der Waals surface area (Å²) in [6, 6.07) is -0.160. The Balaban J connectivity index is -0.000000314. The molecule has 162 valence electrons. The number of nitrogens with one attached hydrogen (secondary N) is 2. The summed E-state index contributed by atoms with van der Waals surface area (Å²) in [5, 5.41) is 19.6. The summed E-state index contributed by atoms with van der Waals surface area (Å²) in [5.74, 6) is -2.35. The average Bonchev–Trinajstić information content (AvgIpc) is 2.46. The summed E-state index contributed by atoms with van der Waals surface area (Å²) < 4.78 is 9.66. The van der Waals surface area contributed by atoms with Crippen LogP contribution in [0.4, 0.5) is 0 Å². The van der Waals surface area contributed by atoms with E-state index in [4.69, 9.17) is 20.9 Å². The van der Waals surface area contributed by atoms with E-state index in [-0.39, 0.29) is 57.6 Å². The number of rotatable bonds is 4. The van der Waals surface area contributed by atoms with Gasteiger partial charge in [0, 0.05) is 0 Å². The van der Waals surface area contributed by atoms with Gasteiger partial charge in [-0.15, -0.1) is 0 Å². The smallest absolute Gasteiger partial charge is 0.676 e. The van der Waals surface area contributed by atoms with Gasteiger partial charge in [-0.05, 0) is 41.5 Å². The minimum absolute atomic E-state index is 0. The molecule has 0 bridgehead atoms. The molecule has 1 fully saturated rings. The predicted molar refractivity (Wildman–Crippen MR) is 96.1 cm³/mol. The van der Waals surface area contributed by atoms with Crippen LogP contribution in [0.15, 0.2) is 0 Å². The topological polar surface area (TPSA) is 146 Å². The Hall–Kier alpha value is -0.532. The van der Waals surface area contributed by atoms with Gasteiger partial charge in [0.2, 0.25) is 0 Å². The number of carboxylic acid groups (broad SMARTS) is 2. The van der Waals surface area contributed by atoms with Gasteiger partial charge in [-0.3, -0.25) is 0 Å². The van der Waals surface area contributed by atoms with Crippen molar-refractivity contribution in [2.24, 2.45) is 0 Å². The summed E-state index contributed by atoms with van der Waals surface area (Å²) in [4.78, 5) is 19.6. The number of hydrogen-bond acceptors (Lipinski definition) is 6. The number of carboxylic acids is 2. The van der Waals surface area contributed by atoms with Crippen molar-refractivity contribution in [3.63, 3.8) is 0 Å². The zero-order valence-corrected chi connectivity index (χ0v) is 19.4. The summed E-state index contributed by atoms with van der Waals surface area (Å²) >= 11 is 0. The fourth-order valence-electron chi connectivity index (χ4n) is 1.68. The first-order valence-corrected chi connectivity index (χ1v) is 8.74. The van der Waals surface area contributed by atoms with Crippen LogP contribution < -0.4 is 10.2 Å². The quantitative estimate of drug-likeness (QED) is 0.502. The minimum Gasteiger partial charge on any atom is -0.676 e. The molecule has 2 N–H and O–H groups in total. The molecule has 1 aliphatic rings. The van der Waals surface area contributed by atoms with E-state index in [1.54, 1.807) is 41.5 Å². The maximum absolute atomic E-state index is 9.81. The van der Waals surface area contributed by atoms with Gasteiger partial charge in [0.25, 0.3) is 0 Å². The summed E-state index contributed by atoms with van der Waals surface area (Å²) in [7, 11) is 0. The number of carbonyl (C=O) groups excluding carboxylic acids is 2. The molecule has 0 aromatic carbocycles. The molecule has 0 saturated heterocycles. The van der Waals surface area contributed by atoms with Crippen LogP contribution in [0.25, 0.3) is 11.5 Å². The molecule has 0 heterocycles.